The number of hydrogen-bond acceptors (Lipinski definition) is 7. The van der Waals surface area contributed by atoms with Gasteiger partial charge in [0.25, 0.3) is 0 Å². The number of ketones is 1. The lowest BCUT2D eigenvalue weighted by molar-refractivity contribution is -0.118. The Morgan fingerprint density at radius 3 is 2.74 bits per heavy atom. The number of carbonyl (C=O) groups is 1. The molecular formula is C26H31N5O3. The van der Waals surface area contributed by atoms with E-state index in [0.29, 0.717) is 25.4 Å². The van der Waals surface area contributed by atoms with Gasteiger partial charge in [-0.05, 0) is 32.0 Å². The fourth-order valence-electron chi connectivity index (χ4n) is 4.09. The smallest absolute Gasteiger partial charge is 0.167 e. The van der Waals surface area contributed by atoms with Gasteiger partial charge in [-0.1, -0.05) is 36.4 Å². The second-order valence-electron chi connectivity index (χ2n) is 8.26. The number of ether oxygens (including phenoxy) is 2. The van der Waals surface area contributed by atoms with Gasteiger partial charge in [0.2, 0.25) is 0 Å². The molecule has 0 fully saturated rings. The molecular weight excluding hydrogens is 430 g/mol. The van der Waals surface area contributed by atoms with Crippen molar-refractivity contribution in [1.29, 1.82) is 0 Å². The van der Waals surface area contributed by atoms with Crippen LogP contribution < -0.4 is 15.8 Å². The molecule has 0 saturated carbocycles. The first-order valence-electron chi connectivity index (χ1n) is 11.5. The number of fused-ring (bicyclic) bond motifs is 3. The number of methoxy groups -OCH3 is 1. The summed E-state index contributed by atoms with van der Waals surface area (Å²) in [7, 11) is 1.69. The van der Waals surface area contributed by atoms with Crippen LogP contribution in [0.2, 0.25) is 0 Å². The fraction of sp³-hybridized carbons (Fsp3) is 0.346. The monoisotopic (exact) mass is 461 g/mol. The molecule has 178 valence electrons. The third-order valence-corrected chi connectivity index (χ3v) is 5.67. The maximum atomic E-state index is 11.3. The van der Waals surface area contributed by atoms with Gasteiger partial charge in [-0.15, -0.1) is 0 Å². The summed E-state index contributed by atoms with van der Waals surface area (Å²) in [4.78, 5) is 20.6. The summed E-state index contributed by atoms with van der Waals surface area (Å²) in [6.07, 6.45) is 1.60. The largest absolute Gasteiger partial charge is 0.486 e. The molecule has 4 rings (SSSR count). The maximum absolute atomic E-state index is 11.3. The molecule has 0 radical (unpaired) electrons. The van der Waals surface area contributed by atoms with Crippen molar-refractivity contribution < 1.29 is 14.3 Å². The lowest BCUT2D eigenvalue weighted by atomic mass is 10.2. The van der Waals surface area contributed by atoms with Gasteiger partial charge in [0.05, 0.1) is 17.6 Å². The third-order valence-electron chi connectivity index (χ3n) is 5.67. The van der Waals surface area contributed by atoms with Crippen LogP contribution in [0.15, 0.2) is 48.5 Å². The minimum absolute atomic E-state index is 0.00274. The van der Waals surface area contributed by atoms with E-state index in [9.17, 15) is 4.79 Å². The van der Waals surface area contributed by atoms with Gasteiger partial charge >= 0.3 is 0 Å². The van der Waals surface area contributed by atoms with E-state index in [0.717, 1.165) is 58.6 Å². The van der Waals surface area contributed by atoms with Crippen LogP contribution in [0.25, 0.3) is 21.9 Å². The Bertz CT molecular complexity index is 1280. The van der Waals surface area contributed by atoms with E-state index < -0.39 is 0 Å². The molecule has 2 aromatic carbocycles. The van der Waals surface area contributed by atoms with Gasteiger partial charge in [-0.2, -0.15) is 0 Å². The number of aromatic nitrogens is 3. The van der Waals surface area contributed by atoms with Crippen molar-refractivity contribution in [3.05, 3.63) is 59.9 Å². The highest BCUT2D eigenvalue weighted by atomic mass is 16.5. The van der Waals surface area contributed by atoms with Gasteiger partial charge in [0.15, 0.2) is 11.6 Å². The minimum atomic E-state index is 0.00274. The fourth-order valence-corrected chi connectivity index (χ4v) is 4.09. The van der Waals surface area contributed by atoms with E-state index in [-0.39, 0.29) is 12.4 Å². The van der Waals surface area contributed by atoms with Crippen molar-refractivity contribution in [2.24, 2.45) is 0 Å². The average molecular weight is 462 g/mol. The highest BCUT2D eigenvalue weighted by molar-refractivity contribution is 6.06. The zero-order chi connectivity index (χ0) is 23.9. The van der Waals surface area contributed by atoms with Gasteiger partial charge in [0, 0.05) is 37.6 Å². The predicted octanol–water partition coefficient (Wildman–Crippen LogP) is 3.50. The molecule has 0 bridgehead atoms. The van der Waals surface area contributed by atoms with E-state index in [1.165, 1.54) is 6.92 Å². The Labute approximate surface area is 199 Å². The lowest BCUT2D eigenvalue weighted by Gasteiger charge is -2.13. The van der Waals surface area contributed by atoms with E-state index in [1.807, 2.05) is 42.5 Å². The van der Waals surface area contributed by atoms with E-state index in [2.05, 4.69) is 20.9 Å². The first-order valence-corrected chi connectivity index (χ1v) is 11.5. The number of hydrogen-bond donors (Lipinski definition) is 2. The Morgan fingerprint density at radius 2 is 1.91 bits per heavy atom. The number of imidazole rings is 1. The molecule has 2 heterocycles. The van der Waals surface area contributed by atoms with E-state index in [4.69, 9.17) is 20.2 Å². The van der Waals surface area contributed by atoms with Crippen molar-refractivity contribution in [3.8, 4) is 5.75 Å². The van der Waals surface area contributed by atoms with Crippen molar-refractivity contribution >= 4 is 33.5 Å². The molecule has 0 aliphatic heterocycles. The second-order valence-corrected chi connectivity index (χ2v) is 8.26. The van der Waals surface area contributed by atoms with Crippen LogP contribution in [-0.2, 0) is 29.0 Å². The number of nitrogen functional groups attached to an aromatic ring is 1. The topological polar surface area (TPSA) is 104 Å². The van der Waals surface area contributed by atoms with Crippen molar-refractivity contribution in [2.45, 2.75) is 32.9 Å². The van der Waals surface area contributed by atoms with Crippen LogP contribution in [0.1, 0.15) is 24.7 Å². The Balaban J connectivity index is 1.48. The van der Waals surface area contributed by atoms with E-state index in [1.54, 1.807) is 7.11 Å². The zero-order valence-electron chi connectivity index (χ0n) is 19.7. The number of Topliss-reactive ketones (excluding diaryl/α,β-unsaturated/α-hetero) is 1. The van der Waals surface area contributed by atoms with Crippen LogP contribution >= 0.6 is 0 Å². The molecule has 4 aromatic rings. The normalized spacial score (nSPS) is 11.4. The molecule has 2 aromatic heterocycles. The van der Waals surface area contributed by atoms with Crippen molar-refractivity contribution in [2.75, 3.05) is 32.6 Å². The molecule has 0 aliphatic carbocycles. The zero-order valence-corrected chi connectivity index (χ0v) is 19.7. The van der Waals surface area contributed by atoms with Crippen LogP contribution in [0, 0.1) is 0 Å². The van der Waals surface area contributed by atoms with Crippen LogP contribution in [0.5, 0.6) is 5.75 Å². The standard InChI is InChI=1S/C26H31N5O3/c1-18(32)17-34-22-11-6-3-8-19(22)16-28-13-7-14-31-23(12-15-33-2)30-24-25(31)20-9-4-5-10-21(20)29-26(24)27/h3-6,8-11,28H,7,12-17H2,1-2H3,(H2,27,29). The third kappa shape index (κ3) is 5.35. The number of nitrogens with zero attached hydrogens (tertiary/aromatic N) is 3. The molecule has 0 spiro atoms. The second kappa shape index (κ2) is 11.1. The van der Waals surface area contributed by atoms with Crippen LogP contribution in [-0.4, -0.2) is 47.2 Å². The van der Waals surface area contributed by atoms with Gasteiger partial charge in [-0.25, -0.2) is 9.97 Å². The molecule has 0 atom stereocenters. The number of aryl methyl sites for hydroxylation is 1. The number of nitrogens with one attached hydrogen (secondary N) is 1. The quantitative estimate of drug-likeness (QED) is 0.311. The minimum Gasteiger partial charge on any atom is -0.486 e. The molecule has 0 saturated heterocycles. The molecule has 0 aliphatic rings. The van der Waals surface area contributed by atoms with Gasteiger partial charge < -0.3 is 25.1 Å². The lowest BCUT2D eigenvalue weighted by Crippen LogP contribution is -2.18. The van der Waals surface area contributed by atoms with Gasteiger partial charge in [-0.3, -0.25) is 4.79 Å². The Kier molecular flexibility index (Phi) is 7.72. The highest BCUT2D eigenvalue weighted by Crippen LogP contribution is 2.29. The number of anilines is 1. The molecule has 8 nitrogen and oxygen atoms in total. The number of rotatable bonds is 12. The molecule has 3 N–H and O–H groups in total. The summed E-state index contributed by atoms with van der Waals surface area (Å²) in [5.41, 5.74) is 9.94. The molecule has 34 heavy (non-hydrogen) atoms. The number of para-hydroxylation sites is 2. The Hall–Kier alpha value is -3.49. The molecule has 8 heteroatoms. The summed E-state index contributed by atoms with van der Waals surface area (Å²) in [6.45, 7) is 4.45. The molecule has 0 amide bonds. The number of pyridine rings is 1. The summed E-state index contributed by atoms with van der Waals surface area (Å²) >= 11 is 0. The number of benzene rings is 2. The van der Waals surface area contributed by atoms with Crippen molar-refractivity contribution in [1.82, 2.24) is 19.9 Å². The van der Waals surface area contributed by atoms with Crippen LogP contribution in [0.3, 0.4) is 0 Å². The summed E-state index contributed by atoms with van der Waals surface area (Å²) in [6, 6.07) is 15.8. The Morgan fingerprint density at radius 1 is 1.12 bits per heavy atom. The first-order chi connectivity index (χ1) is 16.6. The average Bonchev–Trinajstić information content (AvgIpc) is 3.21. The predicted molar refractivity (Wildman–Crippen MR) is 134 cm³/mol. The summed E-state index contributed by atoms with van der Waals surface area (Å²) in [5.74, 6) is 2.14. The number of nitrogens with two attached hydrogens (primary N) is 1. The van der Waals surface area contributed by atoms with Crippen molar-refractivity contribution in [3.63, 3.8) is 0 Å². The maximum Gasteiger partial charge on any atom is 0.167 e. The summed E-state index contributed by atoms with van der Waals surface area (Å²) < 4.78 is 13.2. The first kappa shape index (κ1) is 23.7. The van der Waals surface area contributed by atoms with Gasteiger partial charge in [0.1, 0.15) is 23.7 Å². The molecule has 0 unspecified atom stereocenters. The SMILES string of the molecule is COCCc1nc2c(N)nc3ccccc3c2n1CCCNCc1ccccc1OCC(C)=O. The summed E-state index contributed by atoms with van der Waals surface area (Å²) in [5, 5.41) is 4.54. The number of carbonyl (C=O) groups excluding carboxylic acids is 1. The highest BCUT2D eigenvalue weighted by Gasteiger charge is 2.17. The van der Waals surface area contributed by atoms with Crippen LogP contribution in [0.4, 0.5) is 5.82 Å². The van der Waals surface area contributed by atoms with E-state index >= 15 is 0 Å².